The van der Waals surface area contributed by atoms with Gasteiger partial charge in [-0.25, -0.2) is 8.42 Å². The third kappa shape index (κ3) is 1.86. The fraction of sp³-hybridized carbons (Fsp3) is 0.909. The lowest BCUT2D eigenvalue weighted by atomic mass is 9.71. The average Bonchev–Trinajstić information content (AvgIpc) is 2.67. The molecule has 0 bridgehead atoms. The van der Waals surface area contributed by atoms with Gasteiger partial charge in [0.2, 0.25) is 0 Å². The minimum Gasteiger partial charge on any atom is -0.387 e. The Morgan fingerprint density at radius 2 is 2.18 bits per heavy atom. The molecule has 0 aliphatic carbocycles. The molecule has 0 amide bonds. The predicted molar refractivity (Wildman–Crippen MR) is 63.0 cm³/mol. The monoisotopic (exact) mass is 258 g/mol. The van der Waals surface area contributed by atoms with Crippen LogP contribution in [0, 0.1) is 16.7 Å². The molecular weight excluding hydrogens is 240 g/mol. The molecule has 5 nitrogen and oxygen atoms in total. The van der Waals surface area contributed by atoms with Crippen LogP contribution < -0.4 is 0 Å². The van der Waals surface area contributed by atoms with Crippen molar-refractivity contribution in [3.63, 3.8) is 0 Å². The molecular formula is C11H18N2O3S. The maximum Gasteiger partial charge on any atom is 0.152 e. The minimum absolute atomic E-state index is 0.0148. The second kappa shape index (κ2) is 3.67. The van der Waals surface area contributed by atoms with Gasteiger partial charge < -0.3 is 10.0 Å². The zero-order valence-electron chi connectivity index (χ0n) is 10.2. The fourth-order valence-electron chi connectivity index (χ4n) is 3.03. The summed E-state index contributed by atoms with van der Waals surface area (Å²) in [5.41, 5.74) is -2.32. The first-order chi connectivity index (χ1) is 7.74. The van der Waals surface area contributed by atoms with Gasteiger partial charge in [-0.3, -0.25) is 0 Å². The number of aliphatic hydroxyl groups is 1. The molecule has 6 heteroatoms. The van der Waals surface area contributed by atoms with Crippen molar-refractivity contribution in [2.45, 2.75) is 31.4 Å². The molecule has 17 heavy (non-hydrogen) atoms. The van der Waals surface area contributed by atoms with Gasteiger partial charge in [-0.2, -0.15) is 5.26 Å². The molecule has 2 aliphatic heterocycles. The molecule has 3 unspecified atom stereocenters. The highest BCUT2D eigenvalue weighted by Gasteiger charge is 2.60. The van der Waals surface area contributed by atoms with Gasteiger partial charge in [0.25, 0.3) is 0 Å². The van der Waals surface area contributed by atoms with Crippen LogP contribution in [-0.2, 0) is 9.84 Å². The summed E-state index contributed by atoms with van der Waals surface area (Å²) >= 11 is 0. The van der Waals surface area contributed by atoms with E-state index >= 15 is 0 Å². The van der Waals surface area contributed by atoms with Crippen LogP contribution in [0.3, 0.4) is 0 Å². The summed E-state index contributed by atoms with van der Waals surface area (Å²) in [6.07, 6.45) is 0.718. The fourth-order valence-corrected chi connectivity index (χ4v) is 5.07. The highest BCUT2D eigenvalue weighted by Crippen LogP contribution is 2.47. The zero-order valence-corrected chi connectivity index (χ0v) is 11.0. The highest BCUT2D eigenvalue weighted by molar-refractivity contribution is 7.91. The van der Waals surface area contributed by atoms with Crippen LogP contribution in [0.4, 0.5) is 0 Å². The third-order valence-corrected chi connectivity index (χ3v) is 6.07. The molecule has 0 radical (unpaired) electrons. The molecule has 2 aliphatic rings. The number of sulfone groups is 1. The van der Waals surface area contributed by atoms with E-state index in [0.717, 1.165) is 0 Å². The van der Waals surface area contributed by atoms with Gasteiger partial charge >= 0.3 is 0 Å². The topological polar surface area (TPSA) is 81.4 Å². The summed E-state index contributed by atoms with van der Waals surface area (Å²) in [5, 5.41) is 20.0. The first-order valence-corrected chi connectivity index (χ1v) is 7.60. The van der Waals surface area contributed by atoms with E-state index in [1.54, 1.807) is 0 Å². The number of hydrogen-bond donors (Lipinski definition) is 1. The van der Waals surface area contributed by atoms with Crippen molar-refractivity contribution in [3.05, 3.63) is 0 Å². The Bertz CT molecular complexity index is 458. The molecule has 0 aromatic carbocycles. The highest BCUT2D eigenvalue weighted by atomic mass is 32.2. The Kier molecular flexibility index (Phi) is 2.77. The van der Waals surface area contributed by atoms with E-state index in [2.05, 4.69) is 6.07 Å². The van der Waals surface area contributed by atoms with E-state index in [1.165, 1.54) is 0 Å². The lowest BCUT2D eigenvalue weighted by Crippen LogP contribution is -2.50. The van der Waals surface area contributed by atoms with E-state index in [1.807, 2.05) is 18.9 Å². The number of likely N-dealkylation sites (N-methyl/N-ethyl adjacent to an activating group) is 1. The summed E-state index contributed by atoms with van der Waals surface area (Å²) in [6.45, 7) is 2.35. The lowest BCUT2D eigenvalue weighted by Gasteiger charge is -2.36. The molecule has 2 fully saturated rings. The van der Waals surface area contributed by atoms with Crippen molar-refractivity contribution < 1.29 is 13.5 Å². The minimum atomic E-state index is -3.18. The lowest BCUT2D eigenvalue weighted by molar-refractivity contribution is -0.0326. The smallest absolute Gasteiger partial charge is 0.152 e. The van der Waals surface area contributed by atoms with Crippen LogP contribution in [0.1, 0.15) is 19.8 Å². The number of nitrogens with zero attached hydrogens (tertiary/aromatic N) is 2. The Balaban J connectivity index is 2.36. The Hall–Kier alpha value is -0.640. The SMILES string of the molecule is CC1CC(O)(C2(C#N)CCS(=O)(=O)C2)CN1C. The van der Waals surface area contributed by atoms with Crippen molar-refractivity contribution in [2.24, 2.45) is 5.41 Å². The van der Waals surface area contributed by atoms with Crippen molar-refractivity contribution in [2.75, 3.05) is 25.1 Å². The molecule has 2 heterocycles. The van der Waals surface area contributed by atoms with Crippen molar-refractivity contribution in [1.29, 1.82) is 5.26 Å². The predicted octanol–water partition coefficient (Wildman–Crippen LogP) is -0.230. The van der Waals surface area contributed by atoms with Crippen LogP contribution >= 0.6 is 0 Å². The molecule has 96 valence electrons. The summed E-state index contributed by atoms with van der Waals surface area (Å²) in [5.74, 6) is -0.186. The molecule has 2 saturated heterocycles. The van der Waals surface area contributed by atoms with Gasteiger partial charge in [0, 0.05) is 12.6 Å². The van der Waals surface area contributed by atoms with Crippen LogP contribution in [0.2, 0.25) is 0 Å². The summed E-state index contributed by atoms with van der Waals surface area (Å²) in [7, 11) is -1.29. The van der Waals surface area contributed by atoms with E-state index in [4.69, 9.17) is 0 Å². The maximum absolute atomic E-state index is 11.6. The molecule has 0 aromatic heterocycles. The van der Waals surface area contributed by atoms with Crippen molar-refractivity contribution >= 4 is 9.84 Å². The number of hydrogen-bond acceptors (Lipinski definition) is 5. The summed E-state index contributed by atoms with van der Waals surface area (Å²) < 4.78 is 23.2. The van der Waals surface area contributed by atoms with Crippen LogP contribution in [0.5, 0.6) is 0 Å². The average molecular weight is 258 g/mol. The molecule has 3 atom stereocenters. The summed E-state index contributed by atoms with van der Waals surface area (Å²) in [4.78, 5) is 1.98. The number of likely N-dealkylation sites (tertiary alicyclic amines) is 1. The zero-order chi connectivity index (χ0) is 12.9. The van der Waals surface area contributed by atoms with E-state index in [0.29, 0.717) is 13.0 Å². The van der Waals surface area contributed by atoms with Crippen LogP contribution in [0.15, 0.2) is 0 Å². The van der Waals surface area contributed by atoms with Gasteiger partial charge in [-0.1, -0.05) is 0 Å². The molecule has 0 spiro atoms. The molecule has 0 aromatic rings. The van der Waals surface area contributed by atoms with Crippen LogP contribution in [-0.4, -0.2) is 55.2 Å². The quantitative estimate of drug-likeness (QED) is 0.702. The second-order valence-electron chi connectivity index (χ2n) is 5.54. The van der Waals surface area contributed by atoms with E-state index in [-0.39, 0.29) is 24.0 Å². The summed E-state index contributed by atoms with van der Waals surface area (Å²) in [6, 6.07) is 2.28. The van der Waals surface area contributed by atoms with Gasteiger partial charge in [0.1, 0.15) is 5.41 Å². The second-order valence-corrected chi connectivity index (χ2v) is 7.72. The third-order valence-electron chi connectivity index (χ3n) is 4.31. The molecule has 1 N–H and O–H groups in total. The number of β-amino-alcohol motifs (C(OH)–C–C–N with tert-alkyl or cyclic N) is 1. The first-order valence-electron chi connectivity index (χ1n) is 5.78. The maximum atomic E-state index is 11.6. The molecule has 0 saturated carbocycles. The van der Waals surface area contributed by atoms with Gasteiger partial charge in [-0.05, 0) is 26.8 Å². The van der Waals surface area contributed by atoms with Crippen molar-refractivity contribution in [3.8, 4) is 6.07 Å². The van der Waals surface area contributed by atoms with Gasteiger partial charge in [-0.15, -0.1) is 0 Å². The van der Waals surface area contributed by atoms with Gasteiger partial charge in [0.15, 0.2) is 9.84 Å². The van der Waals surface area contributed by atoms with Crippen LogP contribution in [0.25, 0.3) is 0 Å². The largest absolute Gasteiger partial charge is 0.387 e. The Morgan fingerprint density at radius 1 is 1.53 bits per heavy atom. The first kappa shape index (κ1) is 12.8. The van der Waals surface area contributed by atoms with Crippen molar-refractivity contribution in [1.82, 2.24) is 4.90 Å². The number of nitriles is 1. The standard InChI is InChI=1S/C11H18N2O3S/c1-9-5-11(14,7-13(9)2)10(6-12)3-4-17(15,16)8-10/h9,14H,3-5,7-8H2,1-2H3. The van der Waals surface area contributed by atoms with E-state index in [9.17, 15) is 18.8 Å². The number of rotatable bonds is 1. The Labute approximate surface area is 102 Å². The Morgan fingerprint density at radius 3 is 2.53 bits per heavy atom. The normalized spacial score (nSPS) is 45.9. The van der Waals surface area contributed by atoms with E-state index < -0.39 is 20.9 Å². The van der Waals surface area contributed by atoms with Gasteiger partial charge in [0.05, 0.1) is 23.2 Å². The molecule has 2 rings (SSSR count).